The summed E-state index contributed by atoms with van der Waals surface area (Å²) in [6.07, 6.45) is 3.71. The summed E-state index contributed by atoms with van der Waals surface area (Å²) in [7, 11) is 0. The van der Waals surface area contributed by atoms with E-state index in [9.17, 15) is 0 Å². The summed E-state index contributed by atoms with van der Waals surface area (Å²) >= 11 is 6.19. The predicted molar refractivity (Wildman–Crippen MR) is 74.9 cm³/mol. The van der Waals surface area contributed by atoms with Gasteiger partial charge in [0.1, 0.15) is 6.10 Å². The van der Waals surface area contributed by atoms with E-state index in [4.69, 9.17) is 16.3 Å². The molecule has 2 aromatic rings. The van der Waals surface area contributed by atoms with Crippen LogP contribution < -0.4 is 5.32 Å². The van der Waals surface area contributed by atoms with Crippen LogP contribution >= 0.6 is 11.6 Å². The fourth-order valence-electron chi connectivity index (χ4n) is 2.36. The number of aromatic nitrogens is 2. The first-order valence-electron chi connectivity index (χ1n) is 6.37. The van der Waals surface area contributed by atoms with Gasteiger partial charge in [-0.25, -0.2) is 4.98 Å². The number of imidazole rings is 1. The van der Waals surface area contributed by atoms with E-state index in [-0.39, 0.29) is 6.10 Å². The quantitative estimate of drug-likeness (QED) is 0.917. The number of nitrogens with zero attached hydrogens (tertiary/aromatic N) is 2. The number of morpholine rings is 1. The molecule has 0 spiro atoms. The lowest BCUT2D eigenvalue weighted by molar-refractivity contribution is 0.0240. The molecule has 1 aliphatic rings. The Balaban J connectivity index is 2.01. The monoisotopic (exact) mass is 277 g/mol. The molecular weight excluding hydrogens is 262 g/mol. The van der Waals surface area contributed by atoms with Gasteiger partial charge in [-0.1, -0.05) is 17.7 Å². The second kappa shape index (κ2) is 5.33. The zero-order chi connectivity index (χ0) is 13.2. The van der Waals surface area contributed by atoms with Crippen LogP contribution in [0.4, 0.5) is 0 Å². The van der Waals surface area contributed by atoms with Gasteiger partial charge in [0.15, 0.2) is 0 Å². The molecule has 0 bridgehead atoms. The standard InChI is InChI=1S/C14H16ClN3O/c1-10-11(15)3-2-4-12(10)18-9-17-7-13(18)14-8-16-5-6-19-14/h2-4,7,9,14,16H,5-6,8H2,1H3. The van der Waals surface area contributed by atoms with Crippen LogP contribution in [0.15, 0.2) is 30.7 Å². The Morgan fingerprint density at radius 3 is 3.16 bits per heavy atom. The summed E-state index contributed by atoms with van der Waals surface area (Å²) in [6, 6.07) is 5.90. The summed E-state index contributed by atoms with van der Waals surface area (Å²) in [5.74, 6) is 0. The third-order valence-corrected chi connectivity index (χ3v) is 3.83. The van der Waals surface area contributed by atoms with Crippen molar-refractivity contribution in [3.05, 3.63) is 47.0 Å². The van der Waals surface area contributed by atoms with Crippen molar-refractivity contribution < 1.29 is 4.74 Å². The Hall–Kier alpha value is -1.36. The molecule has 1 aromatic heterocycles. The highest BCUT2D eigenvalue weighted by Gasteiger charge is 2.20. The molecule has 3 rings (SSSR count). The van der Waals surface area contributed by atoms with E-state index in [1.54, 1.807) is 0 Å². The highest BCUT2D eigenvalue weighted by Crippen LogP contribution is 2.26. The summed E-state index contributed by atoms with van der Waals surface area (Å²) in [4.78, 5) is 4.26. The maximum Gasteiger partial charge on any atom is 0.112 e. The van der Waals surface area contributed by atoms with E-state index in [2.05, 4.69) is 14.9 Å². The Bertz CT molecular complexity index is 576. The first-order valence-corrected chi connectivity index (χ1v) is 6.75. The molecule has 1 aliphatic heterocycles. The minimum Gasteiger partial charge on any atom is -0.369 e. The second-order valence-corrected chi connectivity index (χ2v) is 5.04. The van der Waals surface area contributed by atoms with Crippen molar-refractivity contribution in [2.75, 3.05) is 19.7 Å². The predicted octanol–water partition coefficient (Wildman–Crippen LogP) is 2.50. The van der Waals surface area contributed by atoms with Gasteiger partial charge in [-0.3, -0.25) is 0 Å². The van der Waals surface area contributed by atoms with Crippen LogP contribution in [0.25, 0.3) is 5.69 Å². The lowest BCUT2D eigenvalue weighted by Gasteiger charge is -2.25. The molecule has 0 aliphatic carbocycles. The van der Waals surface area contributed by atoms with Gasteiger partial charge in [-0.2, -0.15) is 0 Å². The molecule has 100 valence electrons. The Labute approximate surface area is 117 Å². The van der Waals surface area contributed by atoms with Crippen LogP contribution in [0, 0.1) is 6.92 Å². The van der Waals surface area contributed by atoms with Crippen molar-refractivity contribution in [1.29, 1.82) is 0 Å². The Kier molecular flexibility index (Phi) is 3.55. The van der Waals surface area contributed by atoms with Crippen LogP contribution in [0.2, 0.25) is 5.02 Å². The number of halogens is 1. The van der Waals surface area contributed by atoms with Crippen molar-refractivity contribution in [2.24, 2.45) is 0 Å². The average molecular weight is 278 g/mol. The van der Waals surface area contributed by atoms with Crippen LogP contribution in [-0.4, -0.2) is 29.2 Å². The van der Waals surface area contributed by atoms with E-state index in [1.807, 2.05) is 37.6 Å². The molecule has 0 saturated carbocycles. The van der Waals surface area contributed by atoms with Crippen LogP contribution in [0.5, 0.6) is 0 Å². The molecule has 2 heterocycles. The smallest absolute Gasteiger partial charge is 0.112 e. The normalized spacial score (nSPS) is 19.6. The van der Waals surface area contributed by atoms with Gasteiger partial charge in [0.2, 0.25) is 0 Å². The van der Waals surface area contributed by atoms with Gasteiger partial charge in [-0.15, -0.1) is 0 Å². The maximum absolute atomic E-state index is 6.19. The molecule has 0 radical (unpaired) electrons. The fraction of sp³-hybridized carbons (Fsp3) is 0.357. The zero-order valence-electron chi connectivity index (χ0n) is 10.8. The van der Waals surface area contributed by atoms with Crippen molar-refractivity contribution in [2.45, 2.75) is 13.0 Å². The SMILES string of the molecule is Cc1c(Cl)cccc1-n1cncc1C1CNCCO1. The molecular formula is C14H16ClN3O. The highest BCUT2D eigenvalue weighted by molar-refractivity contribution is 6.31. The van der Waals surface area contributed by atoms with Crippen LogP contribution in [0.1, 0.15) is 17.4 Å². The lowest BCUT2D eigenvalue weighted by atomic mass is 10.1. The van der Waals surface area contributed by atoms with Gasteiger partial charge in [0.05, 0.1) is 30.5 Å². The molecule has 1 N–H and O–H groups in total. The summed E-state index contributed by atoms with van der Waals surface area (Å²) in [6.45, 7) is 4.46. The van der Waals surface area contributed by atoms with Crippen LogP contribution in [-0.2, 0) is 4.74 Å². The molecule has 1 saturated heterocycles. The molecule has 1 aromatic carbocycles. The number of hydrogen-bond donors (Lipinski definition) is 1. The number of rotatable bonds is 2. The fourth-order valence-corrected chi connectivity index (χ4v) is 2.53. The first kappa shape index (κ1) is 12.7. The van der Waals surface area contributed by atoms with Crippen molar-refractivity contribution >= 4 is 11.6 Å². The van der Waals surface area contributed by atoms with Gasteiger partial charge >= 0.3 is 0 Å². The largest absolute Gasteiger partial charge is 0.369 e. The number of hydrogen-bond acceptors (Lipinski definition) is 3. The molecule has 5 heteroatoms. The summed E-state index contributed by atoms with van der Waals surface area (Å²) in [5, 5.41) is 4.10. The van der Waals surface area contributed by atoms with E-state index in [1.165, 1.54) is 0 Å². The minimum atomic E-state index is 0.0367. The van der Waals surface area contributed by atoms with E-state index in [0.29, 0.717) is 0 Å². The van der Waals surface area contributed by atoms with E-state index >= 15 is 0 Å². The van der Waals surface area contributed by atoms with Crippen molar-refractivity contribution in [3.63, 3.8) is 0 Å². The molecule has 0 amide bonds. The number of benzene rings is 1. The van der Waals surface area contributed by atoms with E-state index in [0.717, 1.165) is 41.7 Å². The number of nitrogens with one attached hydrogen (secondary N) is 1. The number of ether oxygens (including phenoxy) is 1. The Morgan fingerprint density at radius 2 is 2.37 bits per heavy atom. The average Bonchev–Trinajstić information content (AvgIpc) is 2.92. The molecule has 1 fully saturated rings. The van der Waals surface area contributed by atoms with Gasteiger partial charge in [-0.05, 0) is 24.6 Å². The van der Waals surface area contributed by atoms with Gasteiger partial charge < -0.3 is 14.6 Å². The third-order valence-electron chi connectivity index (χ3n) is 3.42. The lowest BCUT2D eigenvalue weighted by Crippen LogP contribution is -2.34. The summed E-state index contributed by atoms with van der Waals surface area (Å²) in [5.41, 5.74) is 3.15. The second-order valence-electron chi connectivity index (χ2n) is 4.64. The van der Waals surface area contributed by atoms with Gasteiger partial charge in [0.25, 0.3) is 0 Å². The Morgan fingerprint density at radius 1 is 1.47 bits per heavy atom. The topological polar surface area (TPSA) is 39.1 Å². The van der Waals surface area contributed by atoms with E-state index < -0.39 is 0 Å². The molecule has 4 nitrogen and oxygen atoms in total. The summed E-state index contributed by atoms with van der Waals surface area (Å²) < 4.78 is 7.85. The van der Waals surface area contributed by atoms with Crippen LogP contribution in [0.3, 0.4) is 0 Å². The highest BCUT2D eigenvalue weighted by atomic mass is 35.5. The van der Waals surface area contributed by atoms with Crippen molar-refractivity contribution in [1.82, 2.24) is 14.9 Å². The molecule has 1 atom stereocenters. The first-order chi connectivity index (χ1) is 9.27. The zero-order valence-corrected chi connectivity index (χ0v) is 11.5. The molecule has 1 unspecified atom stereocenters. The maximum atomic E-state index is 6.19. The van der Waals surface area contributed by atoms with Crippen molar-refractivity contribution in [3.8, 4) is 5.69 Å². The minimum absolute atomic E-state index is 0.0367. The molecule has 19 heavy (non-hydrogen) atoms. The van der Waals surface area contributed by atoms with Gasteiger partial charge in [0, 0.05) is 18.1 Å². The third kappa shape index (κ3) is 2.39.